The third kappa shape index (κ3) is 3.68. The van der Waals surface area contributed by atoms with Gasteiger partial charge in [0.05, 0.1) is 33.5 Å². The first-order valence-corrected chi connectivity index (χ1v) is 13.2. The third-order valence-electron chi connectivity index (χ3n) is 7.36. The van der Waals surface area contributed by atoms with Crippen LogP contribution in [0.1, 0.15) is 0 Å². The number of nitrogens with zero attached hydrogens (tertiary/aromatic N) is 5. The average Bonchev–Trinajstić information content (AvgIpc) is 3.04. The van der Waals surface area contributed by atoms with Gasteiger partial charge in [0.15, 0.2) is 5.82 Å². The second-order valence-corrected chi connectivity index (χ2v) is 9.78. The van der Waals surface area contributed by atoms with Crippen LogP contribution in [0.5, 0.6) is 0 Å². The third-order valence-corrected chi connectivity index (χ3v) is 7.36. The lowest BCUT2D eigenvalue weighted by atomic mass is 10.0. The van der Waals surface area contributed by atoms with Gasteiger partial charge in [-0.15, -0.1) is 0 Å². The van der Waals surface area contributed by atoms with E-state index in [0.717, 1.165) is 71.7 Å². The van der Waals surface area contributed by atoms with Crippen molar-refractivity contribution in [2.45, 2.75) is 0 Å². The van der Waals surface area contributed by atoms with E-state index in [1.54, 1.807) is 0 Å². The summed E-state index contributed by atoms with van der Waals surface area (Å²) in [6.45, 7) is 0. The summed E-state index contributed by atoms with van der Waals surface area (Å²) in [5.41, 5.74) is 8.40. The molecule has 0 bridgehead atoms. The van der Waals surface area contributed by atoms with Crippen molar-refractivity contribution in [2.75, 3.05) is 0 Å². The summed E-state index contributed by atoms with van der Waals surface area (Å²) in [5.74, 6) is 0.676. The molecule has 186 valence electrons. The summed E-state index contributed by atoms with van der Waals surface area (Å²) >= 11 is 0. The molecule has 0 fully saturated rings. The Balaban J connectivity index is 1.25. The monoisotopic (exact) mass is 511 g/mol. The molecule has 8 aromatic rings. The number of pyridine rings is 3. The molecule has 0 radical (unpaired) electrons. The minimum Gasteiger partial charge on any atom is -0.256 e. The van der Waals surface area contributed by atoms with Crippen molar-refractivity contribution in [3.63, 3.8) is 0 Å². The quantitative estimate of drug-likeness (QED) is 0.223. The second-order valence-electron chi connectivity index (χ2n) is 9.78. The largest absolute Gasteiger partial charge is 0.256 e. The number of para-hydroxylation sites is 2. The van der Waals surface area contributed by atoms with Gasteiger partial charge >= 0.3 is 0 Å². The zero-order valence-corrected chi connectivity index (χ0v) is 21.4. The standard InChI is InChI=1S/C35H21N5/c1-2-11-30-27(9-1)34(28-10-3-6-23-7-4-20-36-31(23)28)40-35(39-30)26-16-12-22(13-17-26)29-19-18-25-15-14-24-8-5-21-37-32(24)33(25)38-29/h1-21H. The molecule has 0 amide bonds. The van der Waals surface area contributed by atoms with Crippen LogP contribution >= 0.6 is 0 Å². The fourth-order valence-corrected chi connectivity index (χ4v) is 5.38. The van der Waals surface area contributed by atoms with E-state index in [4.69, 9.17) is 15.0 Å². The van der Waals surface area contributed by atoms with Crippen molar-refractivity contribution in [1.82, 2.24) is 24.9 Å². The highest BCUT2D eigenvalue weighted by atomic mass is 14.9. The SMILES string of the molecule is c1cnc2c(-c3nc(-c4ccc(-c5ccc6ccc7cccnc7c6n5)cc4)nc4ccccc34)cccc2c1. The number of aromatic nitrogens is 5. The Morgan fingerprint density at radius 1 is 0.425 bits per heavy atom. The highest BCUT2D eigenvalue weighted by Gasteiger charge is 2.14. The minimum atomic E-state index is 0.676. The van der Waals surface area contributed by atoms with Gasteiger partial charge in [-0.1, -0.05) is 91.0 Å². The van der Waals surface area contributed by atoms with E-state index in [2.05, 4.69) is 94.9 Å². The highest BCUT2D eigenvalue weighted by Crippen LogP contribution is 2.33. The molecule has 4 heterocycles. The van der Waals surface area contributed by atoms with E-state index in [-0.39, 0.29) is 0 Å². The van der Waals surface area contributed by atoms with Crippen LogP contribution in [0.25, 0.3) is 77.5 Å². The zero-order chi connectivity index (χ0) is 26.5. The molecule has 0 N–H and O–H groups in total. The van der Waals surface area contributed by atoms with Gasteiger partial charge < -0.3 is 0 Å². The van der Waals surface area contributed by atoms with Crippen LogP contribution in [0.15, 0.2) is 128 Å². The molecule has 5 nitrogen and oxygen atoms in total. The normalized spacial score (nSPS) is 11.5. The Labute approximate surface area is 229 Å². The minimum absolute atomic E-state index is 0.676. The fraction of sp³-hybridized carbons (Fsp3) is 0. The summed E-state index contributed by atoms with van der Waals surface area (Å²) in [6.07, 6.45) is 3.64. The van der Waals surface area contributed by atoms with Gasteiger partial charge in [0.1, 0.15) is 0 Å². The average molecular weight is 512 g/mol. The molecule has 0 unspecified atom stereocenters. The molecule has 0 spiro atoms. The van der Waals surface area contributed by atoms with Crippen LogP contribution in [-0.4, -0.2) is 24.9 Å². The predicted molar refractivity (Wildman–Crippen MR) is 162 cm³/mol. The Morgan fingerprint density at radius 2 is 1.10 bits per heavy atom. The highest BCUT2D eigenvalue weighted by molar-refractivity contribution is 6.04. The molecule has 0 aliphatic rings. The van der Waals surface area contributed by atoms with Gasteiger partial charge in [0.2, 0.25) is 0 Å². The van der Waals surface area contributed by atoms with Crippen molar-refractivity contribution in [3.8, 4) is 33.9 Å². The lowest BCUT2D eigenvalue weighted by Gasteiger charge is -2.11. The van der Waals surface area contributed by atoms with Crippen molar-refractivity contribution in [1.29, 1.82) is 0 Å². The number of benzene rings is 4. The first kappa shape index (κ1) is 22.4. The van der Waals surface area contributed by atoms with Gasteiger partial charge in [-0.05, 0) is 24.3 Å². The molecule has 40 heavy (non-hydrogen) atoms. The van der Waals surface area contributed by atoms with Gasteiger partial charge in [-0.25, -0.2) is 15.0 Å². The molecule has 0 saturated heterocycles. The summed E-state index contributed by atoms with van der Waals surface area (Å²) in [7, 11) is 0. The molecule has 4 aromatic carbocycles. The van der Waals surface area contributed by atoms with Crippen LogP contribution < -0.4 is 0 Å². The predicted octanol–water partition coefficient (Wildman–Crippen LogP) is 8.28. The first-order chi connectivity index (χ1) is 19.8. The number of hydrogen-bond donors (Lipinski definition) is 0. The van der Waals surface area contributed by atoms with Crippen molar-refractivity contribution >= 4 is 43.6 Å². The fourth-order valence-electron chi connectivity index (χ4n) is 5.38. The van der Waals surface area contributed by atoms with Gasteiger partial charge in [0, 0.05) is 50.6 Å². The molecule has 5 heteroatoms. The van der Waals surface area contributed by atoms with E-state index in [1.165, 1.54) is 0 Å². The van der Waals surface area contributed by atoms with E-state index in [0.29, 0.717) is 5.82 Å². The maximum absolute atomic E-state index is 5.09. The van der Waals surface area contributed by atoms with E-state index in [9.17, 15) is 0 Å². The van der Waals surface area contributed by atoms with Crippen LogP contribution in [0.3, 0.4) is 0 Å². The first-order valence-electron chi connectivity index (χ1n) is 13.2. The van der Waals surface area contributed by atoms with Gasteiger partial charge in [-0.2, -0.15) is 0 Å². The van der Waals surface area contributed by atoms with Gasteiger partial charge in [-0.3, -0.25) is 9.97 Å². The van der Waals surface area contributed by atoms with Crippen LogP contribution in [0, 0.1) is 0 Å². The van der Waals surface area contributed by atoms with Crippen LogP contribution in [-0.2, 0) is 0 Å². The van der Waals surface area contributed by atoms with Crippen LogP contribution in [0.4, 0.5) is 0 Å². The number of fused-ring (bicyclic) bond motifs is 5. The van der Waals surface area contributed by atoms with Gasteiger partial charge in [0.25, 0.3) is 0 Å². The summed E-state index contributed by atoms with van der Waals surface area (Å²) in [4.78, 5) is 24.3. The topological polar surface area (TPSA) is 64.5 Å². The molecular weight excluding hydrogens is 490 g/mol. The van der Waals surface area contributed by atoms with E-state index in [1.807, 2.05) is 42.7 Å². The van der Waals surface area contributed by atoms with Crippen molar-refractivity contribution < 1.29 is 0 Å². The summed E-state index contributed by atoms with van der Waals surface area (Å²) < 4.78 is 0. The molecule has 0 saturated carbocycles. The molecule has 0 aliphatic heterocycles. The van der Waals surface area contributed by atoms with Crippen molar-refractivity contribution in [3.05, 3.63) is 128 Å². The maximum Gasteiger partial charge on any atom is 0.160 e. The number of rotatable bonds is 3. The molecule has 0 atom stereocenters. The molecule has 0 aliphatic carbocycles. The summed E-state index contributed by atoms with van der Waals surface area (Å²) in [6, 6.07) is 39.1. The smallest absolute Gasteiger partial charge is 0.160 e. The Morgan fingerprint density at radius 3 is 1.95 bits per heavy atom. The lowest BCUT2D eigenvalue weighted by molar-refractivity contribution is 1.23. The second kappa shape index (κ2) is 9.03. The van der Waals surface area contributed by atoms with E-state index < -0.39 is 0 Å². The Hall–Kier alpha value is -5.55. The Kier molecular flexibility index (Phi) is 5.07. The maximum atomic E-state index is 5.09. The summed E-state index contributed by atoms with van der Waals surface area (Å²) in [5, 5.41) is 4.24. The Bertz CT molecular complexity index is 2220. The zero-order valence-electron chi connectivity index (χ0n) is 21.4. The number of hydrogen-bond acceptors (Lipinski definition) is 5. The molecule has 8 rings (SSSR count). The molecule has 4 aromatic heterocycles. The van der Waals surface area contributed by atoms with Crippen LogP contribution in [0.2, 0.25) is 0 Å². The van der Waals surface area contributed by atoms with E-state index >= 15 is 0 Å². The lowest BCUT2D eigenvalue weighted by Crippen LogP contribution is -1.96. The van der Waals surface area contributed by atoms with Crippen molar-refractivity contribution in [2.24, 2.45) is 0 Å². The molecular formula is C35H21N5.